The van der Waals surface area contributed by atoms with E-state index in [1.54, 1.807) is 13.8 Å². The molecule has 1 atom stereocenters. The maximum atomic E-state index is 13.5. The van der Waals surface area contributed by atoms with Crippen molar-refractivity contribution in [1.82, 2.24) is 0 Å². The molecule has 1 aromatic carbocycles. The second-order valence-corrected chi connectivity index (χ2v) is 4.82. The third-order valence-corrected chi connectivity index (χ3v) is 3.94. The summed E-state index contributed by atoms with van der Waals surface area (Å²) in [7, 11) is 0. The van der Waals surface area contributed by atoms with Gasteiger partial charge in [0.15, 0.2) is 0 Å². The first-order chi connectivity index (χ1) is 7.34. The molecule has 1 rings (SSSR count). The van der Waals surface area contributed by atoms with Gasteiger partial charge in [0.25, 0.3) is 0 Å². The SMILES string of the molecule is Cc1c(F)cc(CC(C)C(=O)O)c(C)c1Br. The van der Waals surface area contributed by atoms with Crippen LogP contribution in [-0.4, -0.2) is 11.1 Å². The third-order valence-electron chi connectivity index (χ3n) is 2.75. The van der Waals surface area contributed by atoms with E-state index in [-0.39, 0.29) is 5.82 Å². The van der Waals surface area contributed by atoms with Crippen molar-refractivity contribution in [2.45, 2.75) is 27.2 Å². The summed E-state index contributed by atoms with van der Waals surface area (Å²) in [6.07, 6.45) is 0.344. The van der Waals surface area contributed by atoms with Crippen LogP contribution >= 0.6 is 15.9 Å². The zero-order chi connectivity index (χ0) is 12.5. The first-order valence-corrected chi connectivity index (χ1v) is 5.80. The Kier molecular flexibility index (Phi) is 4.08. The fourth-order valence-electron chi connectivity index (χ4n) is 1.53. The van der Waals surface area contributed by atoms with Crippen molar-refractivity contribution in [3.05, 3.63) is 33.0 Å². The lowest BCUT2D eigenvalue weighted by Crippen LogP contribution is -2.13. The number of halogens is 2. The van der Waals surface area contributed by atoms with Gasteiger partial charge in [-0.1, -0.05) is 22.9 Å². The number of carboxylic acid groups (broad SMARTS) is 1. The predicted octanol–water partition coefficient (Wildman–Crippen LogP) is 3.47. The number of carboxylic acids is 1. The van der Waals surface area contributed by atoms with Crippen LogP contribution in [-0.2, 0) is 11.2 Å². The summed E-state index contributed by atoms with van der Waals surface area (Å²) >= 11 is 3.32. The zero-order valence-corrected chi connectivity index (χ0v) is 11.1. The Morgan fingerprint density at radius 1 is 1.50 bits per heavy atom. The first-order valence-electron chi connectivity index (χ1n) is 5.01. The van der Waals surface area contributed by atoms with E-state index in [1.807, 2.05) is 6.92 Å². The van der Waals surface area contributed by atoms with E-state index in [0.29, 0.717) is 12.0 Å². The molecule has 16 heavy (non-hydrogen) atoms. The number of hydrogen-bond acceptors (Lipinski definition) is 1. The summed E-state index contributed by atoms with van der Waals surface area (Å²) in [5, 5.41) is 8.82. The topological polar surface area (TPSA) is 37.3 Å². The standard InChI is InChI=1S/C12H14BrFO2/c1-6(12(15)16)4-9-5-10(14)8(3)11(13)7(9)2/h5-6H,4H2,1-3H3,(H,15,16). The van der Waals surface area contributed by atoms with Crippen molar-refractivity contribution in [2.24, 2.45) is 5.92 Å². The summed E-state index contributed by atoms with van der Waals surface area (Å²) in [6.45, 7) is 5.17. The highest BCUT2D eigenvalue weighted by molar-refractivity contribution is 9.10. The fourth-order valence-corrected chi connectivity index (χ4v) is 1.97. The van der Waals surface area contributed by atoms with Crippen LogP contribution < -0.4 is 0 Å². The largest absolute Gasteiger partial charge is 0.481 e. The fraction of sp³-hybridized carbons (Fsp3) is 0.417. The van der Waals surface area contributed by atoms with Gasteiger partial charge < -0.3 is 5.11 Å². The number of hydrogen-bond donors (Lipinski definition) is 1. The van der Waals surface area contributed by atoms with Gasteiger partial charge in [0.2, 0.25) is 0 Å². The van der Waals surface area contributed by atoms with E-state index < -0.39 is 11.9 Å². The van der Waals surface area contributed by atoms with Gasteiger partial charge in [0, 0.05) is 4.47 Å². The zero-order valence-electron chi connectivity index (χ0n) is 9.47. The van der Waals surface area contributed by atoms with Crippen LogP contribution in [0, 0.1) is 25.6 Å². The Bertz CT molecular complexity index is 430. The molecule has 0 bridgehead atoms. The second kappa shape index (κ2) is 4.95. The van der Waals surface area contributed by atoms with Crippen molar-refractivity contribution >= 4 is 21.9 Å². The molecule has 0 heterocycles. The highest BCUT2D eigenvalue weighted by atomic mass is 79.9. The van der Waals surface area contributed by atoms with Crippen molar-refractivity contribution < 1.29 is 14.3 Å². The highest BCUT2D eigenvalue weighted by Crippen LogP contribution is 2.28. The molecule has 1 aromatic rings. The minimum absolute atomic E-state index is 0.301. The molecule has 1 N–H and O–H groups in total. The van der Waals surface area contributed by atoms with Gasteiger partial charge in [0.1, 0.15) is 5.82 Å². The Balaban J connectivity index is 3.11. The average molecular weight is 289 g/mol. The summed E-state index contributed by atoms with van der Waals surface area (Å²) in [5.74, 6) is -1.67. The monoisotopic (exact) mass is 288 g/mol. The molecule has 0 spiro atoms. The lowest BCUT2D eigenvalue weighted by molar-refractivity contribution is -0.141. The van der Waals surface area contributed by atoms with Crippen LogP contribution in [0.4, 0.5) is 4.39 Å². The normalized spacial score (nSPS) is 12.6. The van der Waals surface area contributed by atoms with E-state index in [2.05, 4.69) is 15.9 Å². The van der Waals surface area contributed by atoms with Crippen molar-refractivity contribution in [3.8, 4) is 0 Å². The molecule has 4 heteroatoms. The summed E-state index contributed by atoms with van der Waals surface area (Å²) in [6, 6.07) is 1.43. The smallest absolute Gasteiger partial charge is 0.306 e. The molecule has 88 valence electrons. The van der Waals surface area contributed by atoms with Crippen LogP contribution in [0.3, 0.4) is 0 Å². The van der Waals surface area contributed by atoms with Crippen molar-refractivity contribution in [3.63, 3.8) is 0 Å². The van der Waals surface area contributed by atoms with Gasteiger partial charge in [-0.15, -0.1) is 0 Å². The van der Waals surface area contributed by atoms with Crippen LogP contribution in [0.15, 0.2) is 10.5 Å². The van der Waals surface area contributed by atoms with Crippen LogP contribution in [0.25, 0.3) is 0 Å². The maximum absolute atomic E-state index is 13.5. The molecular weight excluding hydrogens is 275 g/mol. The van der Waals surface area contributed by atoms with Gasteiger partial charge in [-0.25, -0.2) is 4.39 Å². The molecule has 0 aliphatic heterocycles. The predicted molar refractivity (Wildman–Crippen MR) is 64.1 cm³/mol. The Morgan fingerprint density at radius 2 is 2.06 bits per heavy atom. The Hall–Kier alpha value is -0.900. The molecule has 0 aliphatic carbocycles. The van der Waals surface area contributed by atoms with E-state index in [4.69, 9.17) is 5.11 Å². The van der Waals surface area contributed by atoms with Gasteiger partial charge >= 0.3 is 5.97 Å². The molecule has 0 aliphatic rings. The second-order valence-electron chi connectivity index (χ2n) is 4.02. The molecule has 0 radical (unpaired) electrons. The third kappa shape index (κ3) is 2.61. The van der Waals surface area contributed by atoms with Gasteiger partial charge in [-0.2, -0.15) is 0 Å². The maximum Gasteiger partial charge on any atom is 0.306 e. The molecule has 0 saturated carbocycles. The minimum atomic E-state index is -0.864. The number of benzene rings is 1. The van der Waals surface area contributed by atoms with Crippen LogP contribution in [0.5, 0.6) is 0 Å². The molecule has 0 aromatic heterocycles. The highest BCUT2D eigenvalue weighted by Gasteiger charge is 2.16. The molecule has 0 amide bonds. The first kappa shape index (κ1) is 13.2. The molecule has 2 nitrogen and oxygen atoms in total. The number of rotatable bonds is 3. The molecule has 0 saturated heterocycles. The minimum Gasteiger partial charge on any atom is -0.481 e. The number of carbonyl (C=O) groups is 1. The summed E-state index contributed by atoms with van der Waals surface area (Å²) in [5.41, 5.74) is 2.21. The van der Waals surface area contributed by atoms with E-state index in [0.717, 1.165) is 15.6 Å². The van der Waals surface area contributed by atoms with Crippen molar-refractivity contribution in [1.29, 1.82) is 0 Å². The van der Waals surface area contributed by atoms with Gasteiger partial charge in [-0.05, 0) is 43.0 Å². The van der Waals surface area contributed by atoms with Crippen LogP contribution in [0.1, 0.15) is 23.6 Å². The van der Waals surface area contributed by atoms with Gasteiger partial charge in [-0.3, -0.25) is 4.79 Å². The van der Waals surface area contributed by atoms with E-state index >= 15 is 0 Å². The lowest BCUT2D eigenvalue weighted by atomic mass is 9.96. The lowest BCUT2D eigenvalue weighted by Gasteiger charge is -2.13. The Labute approximate surface area is 103 Å². The number of aliphatic carboxylic acids is 1. The van der Waals surface area contributed by atoms with Crippen LogP contribution in [0.2, 0.25) is 0 Å². The molecule has 0 fully saturated rings. The Morgan fingerprint density at radius 3 is 2.56 bits per heavy atom. The van der Waals surface area contributed by atoms with Crippen molar-refractivity contribution in [2.75, 3.05) is 0 Å². The quantitative estimate of drug-likeness (QED) is 0.925. The summed E-state index contributed by atoms with van der Waals surface area (Å²) in [4.78, 5) is 10.7. The molecular formula is C12H14BrFO2. The van der Waals surface area contributed by atoms with E-state index in [1.165, 1.54) is 6.07 Å². The van der Waals surface area contributed by atoms with Gasteiger partial charge in [0.05, 0.1) is 5.92 Å². The summed E-state index contributed by atoms with van der Waals surface area (Å²) < 4.78 is 14.2. The average Bonchev–Trinajstić information content (AvgIpc) is 2.22. The molecule has 1 unspecified atom stereocenters. The van der Waals surface area contributed by atoms with E-state index in [9.17, 15) is 9.18 Å².